The Morgan fingerprint density at radius 3 is 2.38 bits per heavy atom. The predicted molar refractivity (Wildman–Crippen MR) is 82.5 cm³/mol. The average Bonchev–Trinajstić information content (AvgIpc) is 3.31. The van der Waals surface area contributed by atoms with E-state index in [4.69, 9.17) is 0 Å². The molecule has 0 unspecified atom stereocenters. The molecule has 2 aliphatic rings. The molecule has 5 heteroatoms. The number of benzene rings is 1. The van der Waals surface area contributed by atoms with Crippen molar-refractivity contribution in [1.82, 2.24) is 10.2 Å². The van der Waals surface area contributed by atoms with Gasteiger partial charge in [0.25, 0.3) is 0 Å². The van der Waals surface area contributed by atoms with E-state index in [0.717, 1.165) is 44.7 Å². The zero-order valence-corrected chi connectivity index (χ0v) is 12.5. The number of phenols is 1. The maximum atomic E-state index is 12.1. The van der Waals surface area contributed by atoms with E-state index in [1.165, 1.54) is 0 Å². The van der Waals surface area contributed by atoms with Gasteiger partial charge in [-0.3, -0.25) is 9.69 Å². The fourth-order valence-corrected chi connectivity index (χ4v) is 2.75. The summed E-state index contributed by atoms with van der Waals surface area (Å²) in [5, 5.41) is 12.4. The van der Waals surface area contributed by atoms with Crippen molar-refractivity contribution in [1.29, 1.82) is 0 Å². The molecule has 1 aliphatic heterocycles. The first-order chi connectivity index (χ1) is 10.1. The van der Waals surface area contributed by atoms with Crippen LogP contribution in [-0.2, 0) is 4.79 Å². The summed E-state index contributed by atoms with van der Waals surface area (Å²) in [6.07, 6.45) is 2.26. The molecule has 1 heterocycles. The summed E-state index contributed by atoms with van der Waals surface area (Å²) in [4.78, 5) is 16.6. The van der Waals surface area contributed by atoms with Gasteiger partial charge in [-0.15, -0.1) is 0 Å². The molecule has 1 aromatic rings. The summed E-state index contributed by atoms with van der Waals surface area (Å²) in [6, 6.07) is 7.69. The van der Waals surface area contributed by atoms with Crippen LogP contribution < -0.4 is 10.2 Å². The number of rotatable bonds is 4. The summed E-state index contributed by atoms with van der Waals surface area (Å²) in [6.45, 7) is 5.59. The quantitative estimate of drug-likeness (QED) is 0.874. The first-order valence-electron chi connectivity index (χ1n) is 7.72. The van der Waals surface area contributed by atoms with Crippen molar-refractivity contribution in [3.63, 3.8) is 0 Å². The third-order valence-electron chi connectivity index (χ3n) is 4.38. The number of anilines is 1. The lowest BCUT2D eigenvalue weighted by atomic mass is 10.2. The second-order valence-electron chi connectivity index (χ2n) is 6.00. The average molecular weight is 289 g/mol. The number of hydrogen-bond donors (Lipinski definition) is 2. The van der Waals surface area contributed by atoms with E-state index < -0.39 is 0 Å². The lowest BCUT2D eigenvalue weighted by Crippen LogP contribution is -2.54. The molecule has 114 valence electrons. The molecule has 1 atom stereocenters. The predicted octanol–water partition coefficient (Wildman–Crippen LogP) is 1.18. The van der Waals surface area contributed by atoms with Crippen molar-refractivity contribution < 1.29 is 9.90 Å². The van der Waals surface area contributed by atoms with Crippen LogP contribution in [0.4, 0.5) is 5.69 Å². The van der Waals surface area contributed by atoms with E-state index in [1.54, 1.807) is 12.1 Å². The number of aromatic hydroxyl groups is 1. The van der Waals surface area contributed by atoms with Gasteiger partial charge in [0.15, 0.2) is 0 Å². The second-order valence-corrected chi connectivity index (χ2v) is 6.00. The molecular formula is C16H23N3O2. The number of carbonyl (C=O) groups is 1. The smallest absolute Gasteiger partial charge is 0.237 e. The van der Waals surface area contributed by atoms with Gasteiger partial charge in [-0.05, 0) is 44.0 Å². The molecular weight excluding hydrogens is 266 g/mol. The number of hydrogen-bond acceptors (Lipinski definition) is 4. The van der Waals surface area contributed by atoms with E-state index >= 15 is 0 Å². The first kappa shape index (κ1) is 14.2. The number of phenolic OH excluding ortho intramolecular Hbond substituents is 1. The van der Waals surface area contributed by atoms with Gasteiger partial charge < -0.3 is 15.3 Å². The Morgan fingerprint density at radius 2 is 1.81 bits per heavy atom. The van der Waals surface area contributed by atoms with Gasteiger partial charge in [0.05, 0.1) is 6.04 Å². The van der Waals surface area contributed by atoms with Gasteiger partial charge in [0.1, 0.15) is 5.75 Å². The molecule has 3 rings (SSSR count). The fraction of sp³-hybridized carbons (Fsp3) is 0.562. The van der Waals surface area contributed by atoms with Crippen LogP contribution in [0.1, 0.15) is 19.8 Å². The number of amides is 1. The van der Waals surface area contributed by atoms with Crippen molar-refractivity contribution in [3.8, 4) is 5.75 Å². The maximum absolute atomic E-state index is 12.1. The summed E-state index contributed by atoms with van der Waals surface area (Å²) in [5.41, 5.74) is 1.13. The Morgan fingerprint density at radius 1 is 1.19 bits per heavy atom. The third-order valence-corrected chi connectivity index (χ3v) is 4.38. The van der Waals surface area contributed by atoms with Crippen LogP contribution in [-0.4, -0.2) is 54.2 Å². The molecule has 1 amide bonds. The number of nitrogens with one attached hydrogen (secondary N) is 1. The van der Waals surface area contributed by atoms with Crippen molar-refractivity contribution in [2.24, 2.45) is 0 Å². The molecule has 0 aromatic heterocycles. The lowest BCUT2D eigenvalue weighted by molar-refractivity contribution is -0.126. The molecule has 1 aromatic carbocycles. The molecule has 1 saturated carbocycles. The molecule has 1 saturated heterocycles. The minimum Gasteiger partial charge on any atom is -0.508 e. The van der Waals surface area contributed by atoms with E-state index in [9.17, 15) is 9.90 Å². The molecule has 5 nitrogen and oxygen atoms in total. The van der Waals surface area contributed by atoms with Crippen molar-refractivity contribution >= 4 is 11.6 Å². The van der Waals surface area contributed by atoms with E-state index in [0.29, 0.717) is 11.8 Å². The molecule has 2 N–H and O–H groups in total. The Bertz CT molecular complexity index is 491. The Hall–Kier alpha value is -1.75. The Balaban J connectivity index is 1.52. The van der Waals surface area contributed by atoms with Crippen LogP contribution in [0.25, 0.3) is 0 Å². The van der Waals surface area contributed by atoms with Crippen LogP contribution in [0, 0.1) is 0 Å². The Kier molecular flexibility index (Phi) is 4.01. The second kappa shape index (κ2) is 5.93. The molecule has 1 aliphatic carbocycles. The highest BCUT2D eigenvalue weighted by Gasteiger charge is 2.29. The molecule has 2 fully saturated rings. The van der Waals surface area contributed by atoms with Crippen LogP contribution in [0.15, 0.2) is 24.3 Å². The highest BCUT2D eigenvalue weighted by atomic mass is 16.3. The number of carbonyl (C=O) groups excluding carboxylic acids is 1. The fourth-order valence-electron chi connectivity index (χ4n) is 2.75. The number of piperazine rings is 1. The van der Waals surface area contributed by atoms with Crippen LogP contribution in [0.5, 0.6) is 5.75 Å². The highest BCUT2D eigenvalue weighted by molar-refractivity contribution is 5.81. The van der Waals surface area contributed by atoms with Gasteiger partial charge in [-0.25, -0.2) is 0 Å². The van der Waals surface area contributed by atoms with Crippen molar-refractivity contribution in [2.75, 3.05) is 31.1 Å². The SMILES string of the molecule is C[C@H](C(=O)NC1CC1)N1CCN(c2ccc(O)cc2)CC1. The standard InChI is InChI=1S/C16H23N3O2/c1-12(16(21)17-13-2-3-13)18-8-10-19(11-9-18)14-4-6-15(20)7-5-14/h4-7,12-13,20H,2-3,8-11H2,1H3,(H,17,21)/t12-/m1/s1. The van der Waals surface area contributed by atoms with Gasteiger partial charge in [-0.1, -0.05) is 0 Å². The van der Waals surface area contributed by atoms with Gasteiger partial charge in [-0.2, -0.15) is 0 Å². The minimum absolute atomic E-state index is 0.0485. The van der Waals surface area contributed by atoms with Crippen molar-refractivity contribution in [2.45, 2.75) is 31.8 Å². The molecule has 0 radical (unpaired) electrons. The maximum Gasteiger partial charge on any atom is 0.237 e. The third kappa shape index (κ3) is 3.47. The zero-order chi connectivity index (χ0) is 14.8. The summed E-state index contributed by atoms with van der Waals surface area (Å²) >= 11 is 0. The van der Waals surface area contributed by atoms with E-state index in [2.05, 4.69) is 15.1 Å². The van der Waals surface area contributed by atoms with E-state index in [1.807, 2.05) is 19.1 Å². The van der Waals surface area contributed by atoms with Gasteiger partial charge in [0.2, 0.25) is 5.91 Å². The number of nitrogens with zero attached hydrogens (tertiary/aromatic N) is 2. The summed E-state index contributed by atoms with van der Waals surface area (Å²) in [7, 11) is 0. The first-order valence-corrected chi connectivity index (χ1v) is 7.72. The van der Waals surface area contributed by atoms with E-state index in [-0.39, 0.29) is 11.9 Å². The van der Waals surface area contributed by atoms with Crippen molar-refractivity contribution in [3.05, 3.63) is 24.3 Å². The summed E-state index contributed by atoms with van der Waals surface area (Å²) in [5.74, 6) is 0.457. The van der Waals surface area contributed by atoms with Gasteiger partial charge >= 0.3 is 0 Å². The highest BCUT2D eigenvalue weighted by Crippen LogP contribution is 2.21. The monoisotopic (exact) mass is 289 g/mol. The van der Waals surface area contributed by atoms with Crippen LogP contribution in [0.3, 0.4) is 0 Å². The Labute approximate surface area is 125 Å². The zero-order valence-electron chi connectivity index (χ0n) is 12.5. The minimum atomic E-state index is -0.0485. The normalized spacial score (nSPS) is 21.1. The molecule has 21 heavy (non-hydrogen) atoms. The van der Waals surface area contributed by atoms with Crippen LogP contribution >= 0.6 is 0 Å². The topological polar surface area (TPSA) is 55.8 Å². The van der Waals surface area contributed by atoms with Crippen LogP contribution in [0.2, 0.25) is 0 Å². The molecule has 0 bridgehead atoms. The van der Waals surface area contributed by atoms with Gasteiger partial charge in [0, 0.05) is 37.9 Å². The largest absolute Gasteiger partial charge is 0.508 e. The lowest BCUT2D eigenvalue weighted by Gasteiger charge is -2.38. The molecule has 0 spiro atoms. The summed E-state index contributed by atoms with van der Waals surface area (Å²) < 4.78 is 0.